The Morgan fingerprint density at radius 3 is 2.58 bits per heavy atom. The molecule has 0 saturated heterocycles. The van der Waals surface area contributed by atoms with E-state index in [1.54, 1.807) is 24.4 Å². The molecule has 0 saturated carbocycles. The zero-order valence-electron chi connectivity index (χ0n) is 14.5. The summed E-state index contributed by atoms with van der Waals surface area (Å²) in [5, 5.41) is 17.7. The van der Waals surface area contributed by atoms with Crippen LogP contribution in [0.15, 0.2) is 47.7 Å². The number of rotatable bonds is 7. The second-order valence-corrected chi connectivity index (χ2v) is 6.35. The fraction of sp³-hybridized carbons (Fsp3) is 0.333. The molecule has 3 N–H and O–H groups in total. The zero-order valence-corrected chi connectivity index (χ0v) is 18.3. The fourth-order valence-electron chi connectivity index (χ4n) is 2.26. The molecule has 5 nitrogen and oxygen atoms in total. The van der Waals surface area contributed by atoms with Crippen LogP contribution in [0.3, 0.4) is 0 Å². The standard InChI is InChI=1S/C18H22Cl2N4O.HI/c1-2-22-18(23-7-5-13-4-3-6-21-11-13)24-12-17(25)14-8-15(19)10-16(20)9-14;/h3-4,6,8-11,17,25H,2,5,7,12H2,1H3,(H2,22,23,24);1H. The summed E-state index contributed by atoms with van der Waals surface area (Å²) >= 11 is 11.9. The first kappa shape index (κ1) is 23.0. The van der Waals surface area contributed by atoms with Crippen molar-refractivity contribution >= 4 is 53.1 Å². The van der Waals surface area contributed by atoms with Crippen LogP contribution in [0.5, 0.6) is 0 Å². The third kappa shape index (κ3) is 8.07. The van der Waals surface area contributed by atoms with Crippen molar-refractivity contribution in [2.45, 2.75) is 19.4 Å². The highest BCUT2D eigenvalue weighted by molar-refractivity contribution is 14.0. The highest BCUT2D eigenvalue weighted by Gasteiger charge is 2.09. The third-order valence-corrected chi connectivity index (χ3v) is 3.90. The van der Waals surface area contributed by atoms with E-state index < -0.39 is 6.10 Å². The molecule has 2 rings (SSSR count). The van der Waals surface area contributed by atoms with Gasteiger partial charge in [0, 0.05) is 35.5 Å². The molecule has 2 aromatic rings. The lowest BCUT2D eigenvalue weighted by Crippen LogP contribution is -2.38. The number of aromatic nitrogens is 1. The Kier molecular flexibility index (Phi) is 10.9. The van der Waals surface area contributed by atoms with Gasteiger partial charge in [-0.25, -0.2) is 0 Å². The van der Waals surface area contributed by atoms with Crippen molar-refractivity contribution in [3.05, 3.63) is 63.9 Å². The summed E-state index contributed by atoms with van der Waals surface area (Å²) < 4.78 is 0. The Labute approximate surface area is 181 Å². The van der Waals surface area contributed by atoms with Gasteiger partial charge in [0.15, 0.2) is 5.96 Å². The molecule has 0 spiro atoms. The topological polar surface area (TPSA) is 69.5 Å². The molecular formula is C18H23Cl2IN4O. The van der Waals surface area contributed by atoms with E-state index in [0.29, 0.717) is 21.6 Å². The van der Waals surface area contributed by atoms with Gasteiger partial charge in [-0.05, 0) is 48.7 Å². The van der Waals surface area contributed by atoms with Crippen LogP contribution in [-0.4, -0.2) is 35.7 Å². The van der Waals surface area contributed by atoms with Crippen LogP contribution in [0.1, 0.15) is 24.2 Å². The first-order valence-corrected chi connectivity index (χ1v) is 8.89. The number of aliphatic imine (C=N–C) groups is 1. The lowest BCUT2D eigenvalue weighted by Gasteiger charge is -2.14. The minimum Gasteiger partial charge on any atom is -0.386 e. The minimum absolute atomic E-state index is 0. The number of hydrogen-bond donors (Lipinski definition) is 3. The van der Waals surface area contributed by atoms with Gasteiger partial charge in [-0.2, -0.15) is 0 Å². The van der Waals surface area contributed by atoms with E-state index in [1.165, 1.54) is 0 Å². The van der Waals surface area contributed by atoms with Crippen LogP contribution in [0.25, 0.3) is 0 Å². The van der Waals surface area contributed by atoms with E-state index >= 15 is 0 Å². The summed E-state index contributed by atoms with van der Waals surface area (Å²) in [6.07, 6.45) is 3.67. The Hall–Kier alpha value is -1.09. The molecule has 0 fully saturated rings. The highest BCUT2D eigenvalue weighted by Crippen LogP contribution is 2.23. The normalized spacial score (nSPS) is 12.2. The number of nitrogens with one attached hydrogen (secondary N) is 2. The molecule has 1 heterocycles. The average molecular weight is 509 g/mol. The second-order valence-electron chi connectivity index (χ2n) is 5.48. The predicted molar refractivity (Wildman–Crippen MR) is 119 cm³/mol. The number of pyridine rings is 1. The molecule has 1 aromatic carbocycles. The minimum atomic E-state index is -0.773. The number of aliphatic hydroxyl groups is 1. The van der Waals surface area contributed by atoms with Crippen molar-refractivity contribution in [2.24, 2.45) is 4.99 Å². The van der Waals surface area contributed by atoms with Crippen molar-refractivity contribution in [3.63, 3.8) is 0 Å². The van der Waals surface area contributed by atoms with Gasteiger partial charge in [-0.15, -0.1) is 24.0 Å². The van der Waals surface area contributed by atoms with Gasteiger partial charge in [0.1, 0.15) is 0 Å². The number of halogens is 3. The third-order valence-electron chi connectivity index (χ3n) is 3.47. The Morgan fingerprint density at radius 1 is 1.23 bits per heavy atom. The quantitative estimate of drug-likeness (QED) is 0.302. The fourth-order valence-corrected chi connectivity index (χ4v) is 2.81. The summed E-state index contributed by atoms with van der Waals surface area (Å²) in [5.74, 6) is 0.651. The van der Waals surface area contributed by atoms with Crippen LogP contribution >= 0.6 is 47.2 Å². The molecule has 0 amide bonds. The van der Waals surface area contributed by atoms with Crippen molar-refractivity contribution in [1.82, 2.24) is 15.6 Å². The van der Waals surface area contributed by atoms with E-state index in [2.05, 4.69) is 20.6 Å². The summed E-state index contributed by atoms with van der Waals surface area (Å²) in [6.45, 7) is 3.65. The van der Waals surface area contributed by atoms with Crippen LogP contribution in [0.4, 0.5) is 0 Å². The van der Waals surface area contributed by atoms with E-state index in [0.717, 1.165) is 25.1 Å². The maximum absolute atomic E-state index is 10.3. The van der Waals surface area contributed by atoms with Gasteiger partial charge in [-0.1, -0.05) is 29.3 Å². The summed E-state index contributed by atoms with van der Waals surface area (Å²) in [5.41, 5.74) is 1.80. The lowest BCUT2D eigenvalue weighted by atomic mass is 10.1. The first-order chi connectivity index (χ1) is 12.1. The van der Waals surface area contributed by atoms with Gasteiger partial charge >= 0.3 is 0 Å². The van der Waals surface area contributed by atoms with E-state index in [9.17, 15) is 5.11 Å². The average Bonchev–Trinajstić information content (AvgIpc) is 2.59. The van der Waals surface area contributed by atoms with Crippen LogP contribution in [-0.2, 0) is 6.42 Å². The number of benzene rings is 1. The molecule has 1 unspecified atom stereocenters. The largest absolute Gasteiger partial charge is 0.386 e. The Balaban J connectivity index is 0.00000338. The van der Waals surface area contributed by atoms with E-state index in [-0.39, 0.29) is 30.5 Å². The summed E-state index contributed by atoms with van der Waals surface area (Å²) in [4.78, 5) is 8.52. The summed E-state index contributed by atoms with van der Waals surface area (Å²) in [7, 11) is 0. The molecule has 1 atom stereocenters. The maximum atomic E-state index is 10.3. The van der Waals surface area contributed by atoms with Crippen molar-refractivity contribution in [2.75, 3.05) is 19.6 Å². The number of hydrogen-bond acceptors (Lipinski definition) is 3. The smallest absolute Gasteiger partial charge is 0.191 e. The van der Waals surface area contributed by atoms with Gasteiger partial charge in [-0.3, -0.25) is 9.98 Å². The van der Waals surface area contributed by atoms with Crippen molar-refractivity contribution < 1.29 is 5.11 Å². The predicted octanol–water partition coefficient (Wildman–Crippen LogP) is 3.84. The first-order valence-electron chi connectivity index (χ1n) is 8.13. The van der Waals surface area contributed by atoms with Crippen LogP contribution in [0, 0.1) is 0 Å². The zero-order chi connectivity index (χ0) is 18.1. The van der Waals surface area contributed by atoms with Gasteiger partial charge in [0.05, 0.1) is 12.6 Å². The van der Waals surface area contributed by atoms with Crippen LogP contribution in [0.2, 0.25) is 10.0 Å². The lowest BCUT2D eigenvalue weighted by molar-refractivity contribution is 0.187. The second kappa shape index (κ2) is 12.3. The monoisotopic (exact) mass is 508 g/mol. The molecule has 26 heavy (non-hydrogen) atoms. The van der Waals surface area contributed by atoms with Gasteiger partial charge < -0.3 is 15.7 Å². The molecule has 8 heteroatoms. The molecule has 1 aromatic heterocycles. The molecule has 0 aliphatic heterocycles. The van der Waals surface area contributed by atoms with Crippen molar-refractivity contribution in [3.8, 4) is 0 Å². The molecule has 0 radical (unpaired) electrons. The SMILES string of the molecule is CCNC(=NCC(O)c1cc(Cl)cc(Cl)c1)NCCc1cccnc1.I. The molecular weight excluding hydrogens is 486 g/mol. The summed E-state index contributed by atoms with van der Waals surface area (Å²) in [6, 6.07) is 8.96. The molecule has 0 aliphatic carbocycles. The van der Waals surface area contributed by atoms with E-state index in [4.69, 9.17) is 23.2 Å². The number of nitrogens with zero attached hydrogens (tertiary/aromatic N) is 2. The van der Waals surface area contributed by atoms with Gasteiger partial charge in [0.25, 0.3) is 0 Å². The highest BCUT2D eigenvalue weighted by atomic mass is 127. The number of guanidine groups is 1. The molecule has 142 valence electrons. The Bertz CT molecular complexity index is 681. The Morgan fingerprint density at radius 2 is 1.96 bits per heavy atom. The van der Waals surface area contributed by atoms with Gasteiger partial charge in [0.2, 0.25) is 0 Å². The van der Waals surface area contributed by atoms with Crippen molar-refractivity contribution in [1.29, 1.82) is 0 Å². The number of aliphatic hydroxyl groups excluding tert-OH is 1. The molecule has 0 bridgehead atoms. The maximum Gasteiger partial charge on any atom is 0.191 e. The molecule has 0 aliphatic rings. The van der Waals surface area contributed by atoms with E-state index in [1.807, 2.05) is 25.3 Å². The van der Waals surface area contributed by atoms with Crippen LogP contribution < -0.4 is 10.6 Å².